The molecule has 17 heteroatoms. The number of alkyl halides is 6. The van der Waals surface area contributed by atoms with Crippen molar-refractivity contribution in [3.05, 3.63) is 45.1 Å². The van der Waals surface area contributed by atoms with Crippen molar-refractivity contribution in [2.24, 2.45) is 0 Å². The Labute approximate surface area is 190 Å². The average molecular weight is 511 g/mol. The Morgan fingerprint density at radius 1 is 1.26 bits per heavy atom. The number of anilines is 1. The van der Waals surface area contributed by atoms with E-state index in [1.807, 2.05) is 10.4 Å². The first kappa shape index (κ1) is 25.7. The zero-order valence-corrected chi connectivity index (χ0v) is 18.0. The molecular weight excluding hydrogens is 495 g/mol. The predicted molar refractivity (Wildman–Crippen MR) is 104 cm³/mol. The molecule has 190 valence electrons. The minimum absolute atomic E-state index is 0.0965. The van der Waals surface area contributed by atoms with E-state index >= 15 is 0 Å². The van der Waals surface area contributed by atoms with Crippen molar-refractivity contribution in [2.75, 3.05) is 5.32 Å². The van der Waals surface area contributed by atoms with Gasteiger partial charge < -0.3 is 10.1 Å². The number of nitrogens with one attached hydrogen (secondary N) is 3. The number of pyridine rings is 1. The average Bonchev–Trinajstić information content (AvgIpc) is 3.30. The fourth-order valence-electron chi connectivity index (χ4n) is 2.74. The monoisotopic (exact) mass is 511 g/mol. The number of ether oxygens (including phenoxy) is 1. The van der Waals surface area contributed by atoms with E-state index in [4.69, 9.17) is 4.74 Å². The number of aryl methyl sites for hydroxylation is 2. The van der Waals surface area contributed by atoms with E-state index < -0.39 is 64.5 Å². The largest absolute Gasteiger partial charge is 0.464 e. The summed E-state index contributed by atoms with van der Waals surface area (Å²) in [4.78, 5) is 30.6. The molecule has 3 heterocycles. The minimum atomic E-state index is -5.00. The predicted octanol–water partition coefficient (Wildman–Crippen LogP) is 3.29. The van der Waals surface area contributed by atoms with Gasteiger partial charge in [-0.05, 0) is 19.9 Å². The molecule has 0 radical (unpaired) electrons. The molecular formula is C18H16F7N7O3. The van der Waals surface area contributed by atoms with Gasteiger partial charge in [-0.1, -0.05) is 6.92 Å². The molecule has 0 bridgehead atoms. The fourth-order valence-corrected chi connectivity index (χ4v) is 2.74. The van der Waals surface area contributed by atoms with Gasteiger partial charge in [-0.15, -0.1) is 5.10 Å². The van der Waals surface area contributed by atoms with Gasteiger partial charge in [0.1, 0.15) is 11.4 Å². The molecule has 3 aromatic heterocycles. The van der Waals surface area contributed by atoms with Crippen molar-refractivity contribution < 1.29 is 40.3 Å². The Hall–Kier alpha value is -3.92. The number of amides is 1. The zero-order chi connectivity index (χ0) is 26.3. The van der Waals surface area contributed by atoms with E-state index in [1.54, 1.807) is 6.92 Å². The van der Waals surface area contributed by atoms with Gasteiger partial charge in [-0.2, -0.15) is 41.1 Å². The highest BCUT2D eigenvalue weighted by molar-refractivity contribution is 6.06. The van der Waals surface area contributed by atoms with Crippen LogP contribution in [0.3, 0.4) is 0 Å². The van der Waals surface area contributed by atoms with Crippen LogP contribution in [0.5, 0.6) is 5.88 Å². The molecule has 3 rings (SSSR count). The van der Waals surface area contributed by atoms with E-state index in [0.29, 0.717) is 17.7 Å². The fraction of sp³-hybridized carbons (Fsp3) is 0.389. The van der Waals surface area contributed by atoms with Gasteiger partial charge >= 0.3 is 18.0 Å². The van der Waals surface area contributed by atoms with Crippen LogP contribution in [0, 0.1) is 12.7 Å². The van der Waals surface area contributed by atoms with Crippen LogP contribution in [0.15, 0.2) is 10.9 Å². The van der Waals surface area contributed by atoms with Crippen LogP contribution in [-0.2, 0) is 12.6 Å². The molecule has 0 saturated heterocycles. The molecule has 3 aromatic rings. The number of aromatic amines is 2. The number of H-pyrrole nitrogens is 2. The van der Waals surface area contributed by atoms with Gasteiger partial charge in [0.05, 0.1) is 11.4 Å². The Balaban J connectivity index is 2.12. The first-order valence-corrected chi connectivity index (χ1v) is 9.69. The van der Waals surface area contributed by atoms with E-state index in [0.717, 1.165) is 6.92 Å². The normalized spacial score (nSPS) is 13.1. The van der Waals surface area contributed by atoms with Crippen LogP contribution < -0.4 is 15.7 Å². The van der Waals surface area contributed by atoms with Gasteiger partial charge in [0.15, 0.2) is 23.4 Å². The Morgan fingerprint density at radius 2 is 1.91 bits per heavy atom. The lowest BCUT2D eigenvalue weighted by Crippen LogP contribution is -2.32. The number of hydrogen-bond acceptors (Lipinski definition) is 6. The Bertz CT molecular complexity index is 1310. The summed E-state index contributed by atoms with van der Waals surface area (Å²) in [6, 6.07) is 0.367. The zero-order valence-electron chi connectivity index (χ0n) is 18.0. The highest BCUT2D eigenvalue weighted by Crippen LogP contribution is 2.35. The maximum atomic E-state index is 14.8. The van der Waals surface area contributed by atoms with Crippen LogP contribution >= 0.6 is 0 Å². The molecule has 0 aliphatic heterocycles. The van der Waals surface area contributed by atoms with Crippen LogP contribution in [-0.4, -0.2) is 48.1 Å². The molecule has 0 spiro atoms. The summed E-state index contributed by atoms with van der Waals surface area (Å²) in [7, 11) is 0. The van der Waals surface area contributed by atoms with Crippen molar-refractivity contribution in [1.82, 2.24) is 29.9 Å². The number of halogens is 7. The SMILES string of the molecule is CCc1nn(-c2nc(O[C@@H](C)C(F)(F)F)c(C(=O)Nc3c(C(F)(F)F)n[nH]c3C)cc2F)c(=O)[nH]1. The van der Waals surface area contributed by atoms with E-state index in [2.05, 4.69) is 20.2 Å². The smallest absolute Gasteiger partial charge is 0.437 e. The van der Waals surface area contributed by atoms with Crippen molar-refractivity contribution in [3.63, 3.8) is 0 Å². The lowest BCUT2D eigenvalue weighted by Gasteiger charge is -2.19. The molecule has 0 unspecified atom stereocenters. The third-order valence-electron chi connectivity index (χ3n) is 4.57. The molecule has 0 saturated carbocycles. The molecule has 3 N–H and O–H groups in total. The van der Waals surface area contributed by atoms with Crippen LogP contribution in [0.4, 0.5) is 36.4 Å². The molecule has 1 amide bonds. The molecule has 0 aliphatic rings. The maximum Gasteiger partial charge on any atom is 0.437 e. The summed E-state index contributed by atoms with van der Waals surface area (Å²) in [6.45, 7) is 3.30. The Morgan fingerprint density at radius 3 is 2.46 bits per heavy atom. The van der Waals surface area contributed by atoms with Crippen LogP contribution in [0.1, 0.15) is 41.4 Å². The minimum Gasteiger partial charge on any atom is -0.464 e. The summed E-state index contributed by atoms with van der Waals surface area (Å²) in [5, 5.41) is 10.6. The summed E-state index contributed by atoms with van der Waals surface area (Å²) >= 11 is 0. The van der Waals surface area contributed by atoms with Gasteiger partial charge in [-0.25, -0.2) is 9.18 Å². The number of aromatic nitrogens is 6. The van der Waals surface area contributed by atoms with Crippen LogP contribution in [0.25, 0.3) is 5.82 Å². The quantitative estimate of drug-likeness (QED) is 0.436. The summed E-state index contributed by atoms with van der Waals surface area (Å²) in [5.74, 6) is -4.78. The van der Waals surface area contributed by atoms with Crippen molar-refractivity contribution >= 4 is 11.6 Å². The van der Waals surface area contributed by atoms with E-state index in [-0.39, 0.29) is 17.9 Å². The second-order valence-corrected chi connectivity index (χ2v) is 7.11. The van der Waals surface area contributed by atoms with E-state index in [1.165, 1.54) is 0 Å². The first-order chi connectivity index (χ1) is 16.1. The number of nitrogens with zero attached hydrogens (tertiary/aromatic N) is 4. The number of hydrogen-bond donors (Lipinski definition) is 3. The molecule has 10 nitrogen and oxygen atoms in total. The molecule has 0 fully saturated rings. The molecule has 35 heavy (non-hydrogen) atoms. The summed E-state index contributed by atoms with van der Waals surface area (Å²) in [5.41, 5.74) is -4.55. The highest BCUT2D eigenvalue weighted by Gasteiger charge is 2.40. The van der Waals surface area contributed by atoms with Gasteiger partial charge in [0, 0.05) is 6.42 Å². The standard InChI is InChI=1S/C18H16F7N7O3/c1-4-10-26-16(34)32(31-10)13-9(19)5-8(15(28-13)35-7(3)17(20,21)22)14(33)27-11-6(2)29-30-12(11)18(23,24)25/h5,7H,4H2,1-3H3,(H,27,33)(H,29,30)(H,26,31,34)/t7-/m0/s1. The third kappa shape index (κ3) is 5.27. The summed E-state index contributed by atoms with van der Waals surface area (Å²) < 4.78 is 98.7. The Kier molecular flexibility index (Phi) is 6.63. The van der Waals surface area contributed by atoms with Crippen molar-refractivity contribution in [1.29, 1.82) is 0 Å². The first-order valence-electron chi connectivity index (χ1n) is 9.69. The second-order valence-electron chi connectivity index (χ2n) is 7.11. The lowest BCUT2D eigenvalue weighted by atomic mass is 10.2. The van der Waals surface area contributed by atoms with E-state index in [9.17, 15) is 40.3 Å². The highest BCUT2D eigenvalue weighted by atomic mass is 19.4. The third-order valence-corrected chi connectivity index (χ3v) is 4.57. The topological polar surface area (TPSA) is 131 Å². The lowest BCUT2D eigenvalue weighted by molar-refractivity contribution is -0.190. The number of rotatable bonds is 6. The van der Waals surface area contributed by atoms with Gasteiger partial charge in [-0.3, -0.25) is 14.9 Å². The maximum absolute atomic E-state index is 14.8. The second kappa shape index (κ2) is 9.03. The molecule has 0 aliphatic carbocycles. The van der Waals surface area contributed by atoms with Crippen molar-refractivity contribution in [3.8, 4) is 11.7 Å². The molecule has 0 aromatic carbocycles. The summed E-state index contributed by atoms with van der Waals surface area (Å²) in [6.07, 6.45) is -12.3. The van der Waals surface area contributed by atoms with Gasteiger partial charge in [0.25, 0.3) is 5.91 Å². The number of carbonyl (C=O) groups is 1. The van der Waals surface area contributed by atoms with Crippen LogP contribution in [0.2, 0.25) is 0 Å². The molecule has 1 atom stereocenters. The van der Waals surface area contributed by atoms with Crippen molar-refractivity contribution in [2.45, 2.75) is 45.6 Å². The van der Waals surface area contributed by atoms with Gasteiger partial charge in [0.2, 0.25) is 5.88 Å². The number of carbonyl (C=O) groups excluding carboxylic acids is 1.